The Balaban J connectivity index is 1.59. The van der Waals surface area contributed by atoms with Crippen molar-refractivity contribution in [1.29, 1.82) is 0 Å². The van der Waals surface area contributed by atoms with Gasteiger partial charge in [0.15, 0.2) is 12.4 Å². The van der Waals surface area contributed by atoms with Crippen molar-refractivity contribution in [3.63, 3.8) is 0 Å². The third kappa shape index (κ3) is 7.38. The molecule has 0 aliphatic heterocycles. The molecule has 0 fully saturated rings. The van der Waals surface area contributed by atoms with Gasteiger partial charge >= 0.3 is 5.97 Å². The zero-order valence-electron chi connectivity index (χ0n) is 21.4. The van der Waals surface area contributed by atoms with Crippen LogP contribution in [0.25, 0.3) is 22.3 Å². The van der Waals surface area contributed by atoms with E-state index < -0.39 is 5.41 Å². The van der Waals surface area contributed by atoms with Crippen molar-refractivity contribution in [1.82, 2.24) is 0 Å². The number of halogens is 1. The lowest BCUT2D eigenvalue weighted by Crippen LogP contribution is -2.23. The summed E-state index contributed by atoms with van der Waals surface area (Å²) in [4.78, 5) is 23.5. The summed E-state index contributed by atoms with van der Waals surface area (Å²) < 4.78 is 25.8. The number of benzene rings is 3. The van der Waals surface area contributed by atoms with Crippen LogP contribution < -0.4 is 4.74 Å². The fourth-order valence-corrected chi connectivity index (χ4v) is 3.45. The highest BCUT2D eigenvalue weighted by molar-refractivity contribution is 5.95. The summed E-state index contributed by atoms with van der Waals surface area (Å²) in [6.45, 7) is 11.1. The first-order valence-electron chi connectivity index (χ1n) is 12.0. The van der Waals surface area contributed by atoms with Crippen molar-refractivity contribution < 1.29 is 23.5 Å². The minimum Gasteiger partial charge on any atom is -0.485 e. The molecule has 0 heterocycles. The molecule has 0 amide bonds. The standard InChI is InChI=1S/C31H33FO4/c1-21(2)29(33)20-36-26-15-12-24(13-16-26)27-17-14-25(19-28(27)32)23-10-8-22(9-11-23)7-6-18-35-30(34)31(3,4)5/h8-17,19H,1,6-7,18,20H2,2-5H3. The highest BCUT2D eigenvalue weighted by atomic mass is 19.1. The van der Waals surface area contributed by atoms with Crippen molar-refractivity contribution in [2.75, 3.05) is 13.2 Å². The number of esters is 1. The molecule has 3 aromatic rings. The van der Waals surface area contributed by atoms with E-state index in [-0.39, 0.29) is 24.2 Å². The lowest BCUT2D eigenvalue weighted by atomic mass is 9.97. The van der Waals surface area contributed by atoms with Crippen LogP contribution in [0, 0.1) is 11.2 Å². The number of Topliss-reactive ketones (excluding diaryl/α,β-unsaturated/α-hetero) is 1. The number of hydrogen-bond acceptors (Lipinski definition) is 4. The van der Waals surface area contributed by atoms with E-state index in [1.165, 1.54) is 6.07 Å². The summed E-state index contributed by atoms with van der Waals surface area (Å²) in [5.74, 6) is -0.126. The Morgan fingerprint density at radius 2 is 1.50 bits per heavy atom. The molecule has 0 bridgehead atoms. The topological polar surface area (TPSA) is 52.6 Å². The van der Waals surface area contributed by atoms with Crippen LogP contribution in [0.4, 0.5) is 4.39 Å². The Bertz CT molecular complexity index is 1220. The van der Waals surface area contributed by atoms with Gasteiger partial charge in [-0.15, -0.1) is 0 Å². The first-order valence-corrected chi connectivity index (χ1v) is 12.0. The number of carbonyl (C=O) groups is 2. The van der Waals surface area contributed by atoms with Crippen LogP contribution in [-0.2, 0) is 20.7 Å². The highest BCUT2D eigenvalue weighted by Crippen LogP contribution is 2.29. The zero-order valence-corrected chi connectivity index (χ0v) is 21.4. The maximum Gasteiger partial charge on any atom is 0.311 e. The minimum atomic E-state index is -0.490. The van der Waals surface area contributed by atoms with Gasteiger partial charge in [-0.25, -0.2) is 4.39 Å². The molecule has 0 aliphatic carbocycles. The van der Waals surface area contributed by atoms with Crippen LogP contribution in [0.15, 0.2) is 78.9 Å². The maximum absolute atomic E-state index is 15.0. The molecule has 0 spiro atoms. The van der Waals surface area contributed by atoms with E-state index in [0.29, 0.717) is 23.5 Å². The predicted octanol–water partition coefficient (Wildman–Crippen LogP) is 7.21. The fraction of sp³-hybridized carbons (Fsp3) is 0.290. The molecule has 0 aliphatic rings. The van der Waals surface area contributed by atoms with Crippen molar-refractivity contribution in [3.8, 4) is 28.0 Å². The second-order valence-corrected chi connectivity index (χ2v) is 9.90. The Labute approximate surface area is 212 Å². The van der Waals surface area contributed by atoms with Gasteiger partial charge in [-0.2, -0.15) is 0 Å². The monoisotopic (exact) mass is 488 g/mol. The van der Waals surface area contributed by atoms with E-state index in [1.807, 2.05) is 51.1 Å². The molecular weight excluding hydrogens is 455 g/mol. The van der Waals surface area contributed by atoms with Crippen molar-refractivity contribution in [3.05, 3.63) is 90.3 Å². The molecule has 188 valence electrons. The predicted molar refractivity (Wildman–Crippen MR) is 141 cm³/mol. The third-order valence-corrected chi connectivity index (χ3v) is 5.72. The second-order valence-electron chi connectivity index (χ2n) is 9.90. The van der Waals surface area contributed by atoms with Crippen LogP contribution in [0.5, 0.6) is 5.75 Å². The molecule has 36 heavy (non-hydrogen) atoms. The van der Waals surface area contributed by atoms with Crippen LogP contribution >= 0.6 is 0 Å². The number of ether oxygens (including phenoxy) is 2. The summed E-state index contributed by atoms with van der Waals surface area (Å²) in [6, 6.07) is 20.2. The van der Waals surface area contributed by atoms with Crippen molar-refractivity contribution >= 4 is 11.8 Å². The van der Waals surface area contributed by atoms with Gasteiger partial charge in [0.25, 0.3) is 0 Å². The largest absolute Gasteiger partial charge is 0.485 e. The number of hydrogen-bond donors (Lipinski definition) is 0. The van der Waals surface area contributed by atoms with Gasteiger partial charge in [-0.1, -0.05) is 55.1 Å². The summed E-state index contributed by atoms with van der Waals surface area (Å²) in [5.41, 5.74) is 4.02. The SMILES string of the molecule is C=C(C)C(=O)COc1ccc(-c2ccc(-c3ccc(CCCOC(=O)C(C)(C)C)cc3)cc2F)cc1. The van der Waals surface area contributed by atoms with E-state index in [1.54, 1.807) is 37.3 Å². The first-order chi connectivity index (χ1) is 17.0. The summed E-state index contributed by atoms with van der Waals surface area (Å²) >= 11 is 0. The lowest BCUT2D eigenvalue weighted by molar-refractivity contribution is -0.153. The zero-order chi connectivity index (χ0) is 26.3. The molecule has 0 N–H and O–H groups in total. The highest BCUT2D eigenvalue weighted by Gasteiger charge is 2.22. The van der Waals surface area contributed by atoms with E-state index >= 15 is 0 Å². The average molecular weight is 489 g/mol. The van der Waals surface area contributed by atoms with E-state index in [9.17, 15) is 14.0 Å². The molecule has 0 aromatic heterocycles. The van der Waals surface area contributed by atoms with Crippen molar-refractivity contribution in [2.24, 2.45) is 5.41 Å². The quantitative estimate of drug-likeness (QED) is 0.172. The Kier molecular flexibility index (Phi) is 8.81. The molecule has 5 heteroatoms. The fourth-order valence-electron chi connectivity index (χ4n) is 3.45. The molecule has 0 unspecified atom stereocenters. The second kappa shape index (κ2) is 11.8. The van der Waals surface area contributed by atoms with E-state index in [4.69, 9.17) is 9.47 Å². The van der Waals surface area contributed by atoms with E-state index in [0.717, 1.165) is 35.1 Å². The van der Waals surface area contributed by atoms with Gasteiger partial charge in [0.2, 0.25) is 0 Å². The van der Waals surface area contributed by atoms with Gasteiger partial charge < -0.3 is 9.47 Å². The van der Waals surface area contributed by atoms with Gasteiger partial charge in [0.05, 0.1) is 12.0 Å². The molecule has 3 aromatic carbocycles. The minimum absolute atomic E-state index is 0.0683. The molecule has 4 nitrogen and oxygen atoms in total. The first kappa shape index (κ1) is 26.9. The Morgan fingerprint density at radius 3 is 2.08 bits per heavy atom. The van der Waals surface area contributed by atoms with Gasteiger partial charge in [0.1, 0.15) is 11.6 Å². The Morgan fingerprint density at radius 1 is 0.889 bits per heavy atom. The molecule has 0 saturated carbocycles. The number of aryl methyl sites for hydroxylation is 1. The lowest BCUT2D eigenvalue weighted by Gasteiger charge is -2.16. The molecule has 0 radical (unpaired) electrons. The van der Waals surface area contributed by atoms with Crippen molar-refractivity contribution in [2.45, 2.75) is 40.5 Å². The normalized spacial score (nSPS) is 11.1. The smallest absolute Gasteiger partial charge is 0.311 e. The summed E-state index contributed by atoms with van der Waals surface area (Å²) in [7, 11) is 0. The number of ketones is 1. The van der Waals surface area contributed by atoms with Crippen LogP contribution in [-0.4, -0.2) is 25.0 Å². The van der Waals surface area contributed by atoms with Gasteiger partial charge in [-0.05, 0) is 86.6 Å². The summed E-state index contributed by atoms with van der Waals surface area (Å²) in [5, 5.41) is 0. The number of rotatable bonds is 10. The maximum atomic E-state index is 15.0. The average Bonchev–Trinajstić information content (AvgIpc) is 2.85. The molecule has 3 rings (SSSR count). The molecular formula is C31H33FO4. The van der Waals surface area contributed by atoms with E-state index in [2.05, 4.69) is 6.58 Å². The van der Waals surface area contributed by atoms with Crippen LogP contribution in [0.1, 0.15) is 39.7 Å². The van der Waals surface area contributed by atoms with Crippen LogP contribution in [0.3, 0.4) is 0 Å². The number of carbonyl (C=O) groups excluding carboxylic acids is 2. The van der Waals surface area contributed by atoms with Gasteiger partial charge in [0, 0.05) is 5.56 Å². The van der Waals surface area contributed by atoms with Gasteiger partial charge in [-0.3, -0.25) is 9.59 Å². The summed E-state index contributed by atoms with van der Waals surface area (Å²) in [6.07, 6.45) is 1.55. The molecule has 0 atom stereocenters. The molecule has 0 saturated heterocycles. The Hall–Kier alpha value is -3.73. The third-order valence-electron chi connectivity index (χ3n) is 5.72. The van der Waals surface area contributed by atoms with Crippen LogP contribution in [0.2, 0.25) is 0 Å².